The lowest BCUT2D eigenvalue weighted by molar-refractivity contribution is 0.523. The molecule has 0 heterocycles. The van der Waals surface area contributed by atoms with Crippen LogP contribution < -0.4 is 5.73 Å². The van der Waals surface area contributed by atoms with Crippen LogP contribution in [0, 0.1) is 17.2 Å². The smallest absolute Gasteiger partial charge is 0.0669 e. The molecule has 0 aromatic heterocycles. The molecule has 2 N–H and O–H groups in total. The summed E-state index contributed by atoms with van der Waals surface area (Å²) in [4.78, 5) is 0. The molecule has 15 heavy (non-hydrogen) atoms. The first-order chi connectivity index (χ1) is 7.35. The SMILES string of the molecule is CCCCCCCCCCC(C#N)CN. The summed E-state index contributed by atoms with van der Waals surface area (Å²) in [6.07, 6.45) is 11.6. The van der Waals surface area contributed by atoms with Crippen LogP contribution in [0.2, 0.25) is 0 Å². The van der Waals surface area contributed by atoms with Gasteiger partial charge >= 0.3 is 0 Å². The van der Waals surface area contributed by atoms with Crippen molar-refractivity contribution in [1.82, 2.24) is 0 Å². The highest BCUT2D eigenvalue weighted by Crippen LogP contribution is 2.12. The minimum atomic E-state index is 0.0880. The van der Waals surface area contributed by atoms with Gasteiger partial charge in [-0.25, -0.2) is 0 Å². The second kappa shape index (κ2) is 11.5. The fourth-order valence-corrected chi connectivity index (χ4v) is 1.76. The zero-order valence-electron chi connectivity index (χ0n) is 10.2. The quantitative estimate of drug-likeness (QED) is 0.560. The molecule has 0 aliphatic heterocycles. The molecular formula is C13H26N2. The first-order valence-corrected chi connectivity index (χ1v) is 6.44. The predicted molar refractivity (Wildman–Crippen MR) is 65.4 cm³/mol. The zero-order chi connectivity index (χ0) is 11.4. The Morgan fingerprint density at radius 3 is 2.00 bits per heavy atom. The molecule has 2 heteroatoms. The summed E-state index contributed by atoms with van der Waals surface area (Å²) in [5.74, 6) is 0.0880. The summed E-state index contributed by atoms with van der Waals surface area (Å²) in [5.41, 5.74) is 5.46. The Morgan fingerprint density at radius 2 is 1.53 bits per heavy atom. The molecule has 88 valence electrons. The lowest BCUT2D eigenvalue weighted by Gasteiger charge is -2.05. The summed E-state index contributed by atoms with van der Waals surface area (Å²) >= 11 is 0. The Labute approximate surface area is 94.9 Å². The van der Waals surface area contributed by atoms with Crippen LogP contribution in [0.3, 0.4) is 0 Å². The molecule has 0 rings (SSSR count). The number of nitrogens with zero attached hydrogens (tertiary/aromatic N) is 1. The summed E-state index contributed by atoms with van der Waals surface area (Å²) in [7, 11) is 0. The maximum Gasteiger partial charge on any atom is 0.0669 e. The van der Waals surface area contributed by atoms with E-state index in [1.807, 2.05) is 0 Å². The van der Waals surface area contributed by atoms with E-state index in [1.54, 1.807) is 0 Å². The molecule has 0 spiro atoms. The van der Waals surface area contributed by atoms with E-state index >= 15 is 0 Å². The third-order valence-corrected chi connectivity index (χ3v) is 2.87. The first-order valence-electron chi connectivity index (χ1n) is 6.44. The Morgan fingerprint density at radius 1 is 1.00 bits per heavy atom. The lowest BCUT2D eigenvalue weighted by atomic mass is 10.0. The highest BCUT2D eigenvalue weighted by molar-refractivity contribution is 4.82. The van der Waals surface area contributed by atoms with Crippen molar-refractivity contribution in [1.29, 1.82) is 5.26 Å². The molecule has 0 aromatic carbocycles. The molecule has 2 nitrogen and oxygen atoms in total. The maximum atomic E-state index is 8.70. The number of nitriles is 1. The van der Waals surface area contributed by atoms with Gasteiger partial charge in [0.15, 0.2) is 0 Å². The van der Waals surface area contributed by atoms with Gasteiger partial charge in [-0.1, -0.05) is 58.3 Å². The second-order valence-electron chi connectivity index (χ2n) is 4.33. The monoisotopic (exact) mass is 210 g/mol. The van der Waals surface area contributed by atoms with Gasteiger partial charge in [-0.2, -0.15) is 5.26 Å². The number of nitrogens with two attached hydrogens (primary N) is 1. The van der Waals surface area contributed by atoms with E-state index in [4.69, 9.17) is 11.0 Å². The van der Waals surface area contributed by atoms with Gasteiger partial charge in [-0.15, -0.1) is 0 Å². The summed E-state index contributed by atoms with van der Waals surface area (Å²) in [5, 5.41) is 8.70. The summed E-state index contributed by atoms with van der Waals surface area (Å²) in [6, 6.07) is 2.25. The van der Waals surface area contributed by atoms with E-state index in [9.17, 15) is 0 Å². The molecule has 0 aromatic rings. The molecular weight excluding hydrogens is 184 g/mol. The molecule has 0 aliphatic rings. The van der Waals surface area contributed by atoms with Crippen LogP contribution in [0.1, 0.15) is 64.7 Å². The predicted octanol–water partition coefficient (Wildman–Crippen LogP) is 3.62. The van der Waals surface area contributed by atoms with E-state index in [0.717, 1.165) is 6.42 Å². The number of hydrogen-bond donors (Lipinski definition) is 1. The van der Waals surface area contributed by atoms with Gasteiger partial charge in [-0.3, -0.25) is 0 Å². The summed E-state index contributed by atoms with van der Waals surface area (Å²) < 4.78 is 0. The molecule has 0 radical (unpaired) electrons. The van der Waals surface area contributed by atoms with E-state index in [0.29, 0.717) is 6.54 Å². The van der Waals surface area contributed by atoms with Gasteiger partial charge in [0, 0.05) is 6.54 Å². The number of unbranched alkanes of at least 4 members (excludes halogenated alkanes) is 7. The van der Waals surface area contributed by atoms with Crippen LogP contribution in [0.15, 0.2) is 0 Å². The third kappa shape index (κ3) is 9.75. The first kappa shape index (κ1) is 14.5. The Hall–Kier alpha value is -0.550. The van der Waals surface area contributed by atoms with E-state index < -0.39 is 0 Å². The van der Waals surface area contributed by atoms with Gasteiger partial charge in [0.25, 0.3) is 0 Å². The highest BCUT2D eigenvalue weighted by atomic mass is 14.5. The van der Waals surface area contributed by atoms with E-state index in [-0.39, 0.29) is 5.92 Å². The van der Waals surface area contributed by atoms with Crippen molar-refractivity contribution in [2.45, 2.75) is 64.7 Å². The van der Waals surface area contributed by atoms with E-state index in [2.05, 4.69) is 13.0 Å². The third-order valence-electron chi connectivity index (χ3n) is 2.87. The Kier molecular flexibility index (Phi) is 11.1. The minimum Gasteiger partial charge on any atom is -0.329 e. The fraction of sp³-hybridized carbons (Fsp3) is 0.923. The van der Waals surface area contributed by atoms with Crippen molar-refractivity contribution >= 4 is 0 Å². The topological polar surface area (TPSA) is 49.8 Å². The average molecular weight is 210 g/mol. The molecule has 0 amide bonds. The van der Waals surface area contributed by atoms with Crippen LogP contribution in [-0.4, -0.2) is 6.54 Å². The van der Waals surface area contributed by atoms with Gasteiger partial charge in [0.2, 0.25) is 0 Å². The van der Waals surface area contributed by atoms with Crippen molar-refractivity contribution in [3.8, 4) is 6.07 Å². The number of rotatable bonds is 10. The standard InChI is InChI=1S/C13H26N2/c1-2-3-4-5-6-7-8-9-10-13(11-14)12-15/h13H,2-11,14H2,1H3. The van der Waals surface area contributed by atoms with Gasteiger partial charge in [0.1, 0.15) is 0 Å². The molecule has 0 saturated carbocycles. The molecule has 1 atom stereocenters. The normalized spacial score (nSPS) is 12.3. The fourth-order valence-electron chi connectivity index (χ4n) is 1.76. The zero-order valence-corrected chi connectivity index (χ0v) is 10.2. The van der Waals surface area contributed by atoms with Crippen molar-refractivity contribution in [2.24, 2.45) is 11.7 Å². The van der Waals surface area contributed by atoms with Crippen molar-refractivity contribution in [3.63, 3.8) is 0 Å². The molecule has 0 fully saturated rings. The Balaban J connectivity index is 3.08. The van der Waals surface area contributed by atoms with Crippen LogP contribution in [-0.2, 0) is 0 Å². The van der Waals surface area contributed by atoms with Crippen LogP contribution >= 0.6 is 0 Å². The largest absolute Gasteiger partial charge is 0.329 e. The van der Waals surface area contributed by atoms with Crippen molar-refractivity contribution in [3.05, 3.63) is 0 Å². The van der Waals surface area contributed by atoms with Gasteiger partial charge in [-0.05, 0) is 6.42 Å². The van der Waals surface area contributed by atoms with Crippen LogP contribution in [0.25, 0.3) is 0 Å². The molecule has 0 saturated heterocycles. The maximum absolute atomic E-state index is 8.70. The molecule has 0 aliphatic carbocycles. The van der Waals surface area contributed by atoms with Crippen molar-refractivity contribution < 1.29 is 0 Å². The van der Waals surface area contributed by atoms with Gasteiger partial charge < -0.3 is 5.73 Å². The second-order valence-corrected chi connectivity index (χ2v) is 4.33. The highest BCUT2D eigenvalue weighted by Gasteiger charge is 2.03. The van der Waals surface area contributed by atoms with Crippen LogP contribution in [0.4, 0.5) is 0 Å². The molecule has 1 unspecified atom stereocenters. The Bertz CT molecular complexity index is 160. The average Bonchev–Trinajstić information content (AvgIpc) is 2.27. The number of hydrogen-bond acceptors (Lipinski definition) is 2. The molecule has 0 bridgehead atoms. The van der Waals surface area contributed by atoms with Gasteiger partial charge in [0.05, 0.1) is 12.0 Å². The van der Waals surface area contributed by atoms with E-state index in [1.165, 1.54) is 51.4 Å². The lowest BCUT2D eigenvalue weighted by Crippen LogP contribution is -2.11. The summed E-state index contributed by atoms with van der Waals surface area (Å²) in [6.45, 7) is 2.77. The van der Waals surface area contributed by atoms with Crippen molar-refractivity contribution in [2.75, 3.05) is 6.54 Å². The van der Waals surface area contributed by atoms with Crippen LogP contribution in [0.5, 0.6) is 0 Å². The minimum absolute atomic E-state index is 0.0880.